The van der Waals surface area contributed by atoms with Gasteiger partial charge in [0.05, 0.1) is 14.2 Å². The highest BCUT2D eigenvalue weighted by Crippen LogP contribution is 2.33. The minimum atomic E-state index is 0.114. The van der Waals surface area contributed by atoms with Gasteiger partial charge in [-0.1, -0.05) is 6.42 Å². The predicted octanol–water partition coefficient (Wildman–Crippen LogP) is 2.23. The summed E-state index contributed by atoms with van der Waals surface area (Å²) in [6, 6.07) is 4.32. The lowest BCUT2D eigenvalue weighted by atomic mass is 9.97. The van der Waals surface area contributed by atoms with E-state index in [4.69, 9.17) is 9.47 Å². The van der Waals surface area contributed by atoms with E-state index in [1.54, 1.807) is 14.2 Å². The fraction of sp³-hybridized carbons (Fsp3) is 0.611. The first-order chi connectivity index (χ1) is 11.2. The highest BCUT2D eigenvalue weighted by molar-refractivity contribution is 5.97. The third kappa shape index (κ3) is 3.44. The first-order valence-electron chi connectivity index (χ1n) is 8.50. The van der Waals surface area contributed by atoms with Gasteiger partial charge in [-0.15, -0.1) is 0 Å². The molecule has 1 unspecified atom stereocenters. The summed E-state index contributed by atoms with van der Waals surface area (Å²) in [5.74, 6) is 1.43. The third-order valence-electron chi connectivity index (χ3n) is 4.94. The number of piperidine rings is 1. The van der Waals surface area contributed by atoms with Crippen LogP contribution in [0.15, 0.2) is 12.1 Å². The third-order valence-corrected chi connectivity index (χ3v) is 4.94. The first-order valence-corrected chi connectivity index (χ1v) is 8.50. The maximum atomic E-state index is 12.8. The van der Waals surface area contributed by atoms with E-state index in [2.05, 4.69) is 5.32 Å². The molecule has 5 heteroatoms. The van der Waals surface area contributed by atoms with Crippen LogP contribution in [0.25, 0.3) is 0 Å². The number of carbonyl (C=O) groups is 1. The molecule has 1 N–H and O–H groups in total. The Bertz CT molecular complexity index is 568. The van der Waals surface area contributed by atoms with E-state index in [0.717, 1.165) is 43.6 Å². The lowest BCUT2D eigenvalue weighted by molar-refractivity contribution is 0.0730. The van der Waals surface area contributed by atoms with Crippen molar-refractivity contribution in [2.45, 2.75) is 38.1 Å². The number of hydrogen-bond donors (Lipinski definition) is 1. The number of methoxy groups -OCH3 is 2. The summed E-state index contributed by atoms with van der Waals surface area (Å²) in [5, 5.41) is 3.55. The molecule has 2 aliphatic heterocycles. The Labute approximate surface area is 137 Å². The normalized spacial score (nSPS) is 21.0. The Balaban J connectivity index is 1.69. The Morgan fingerprint density at radius 1 is 1.22 bits per heavy atom. The van der Waals surface area contributed by atoms with Crippen LogP contribution in [-0.4, -0.2) is 50.7 Å². The monoisotopic (exact) mass is 318 g/mol. The molecule has 1 amide bonds. The summed E-state index contributed by atoms with van der Waals surface area (Å²) in [6.07, 6.45) is 5.71. The van der Waals surface area contributed by atoms with E-state index in [0.29, 0.717) is 17.5 Å². The molecule has 0 radical (unpaired) electrons. The molecule has 23 heavy (non-hydrogen) atoms. The Hall–Kier alpha value is -1.75. The number of carbonyl (C=O) groups excluding carboxylic acids is 1. The summed E-state index contributed by atoms with van der Waals surface area (Å²) in [4.78, 5) is 14.7. The van der Waals surface area contributed by atoms with E-state index in [9.17, 15) is 4.79 Å². The van der Waals surface area contributed by atoms with E-state index in [1.165, 1.54) is 19.3 Å². The van der Waals surface area contributed by atoms with E-state index < -0.39 is 0 Å². The zero-order valence-electron chi connectivity index (χ0n) is 14.1. The number of amides is 1. The Morgan fingerprint density at radius 3 is 2.70 bits per heavy atom. The van der Waals surface area contributed by atoms with Crippen LogP contribution in [0.3, 0.4) is 0 Å². The van der Waals surface area contributed by atoms with Gasteiger partial charge in [0.15, 0.2) is 11.5 Å². The number of nitrogens with one attached hydrogen (secondary N) is 1. The van der Waals surface area contributed by atoms with Crippen molar-refractivity contribution >= 4 is 5.91 Å². The second kappa shape index (κ2) is 7.21. The molecule has 5 nitrogen and oxygen atoms in total. The fourth-order valence-electron chi connectivity index (χ4n) is 3.55. The van der Waals surface area contributed by atoms with Gasteiger partial charge >= 0.3 is 0 Å². The molecule has 1 saturated heterocycles. The van der Waals surface area contributed by atoms with Gasteiger partial charge in [-0.3, -0.25) is 4.79 Å². The molecule has 3 rings (SSSR count). The number of fused-ring (bicyclic) bond motifs is 1. The molecule has 1 aromatic rings. The standard InChI is InChI=1S/C18H26N2O3/c1-22-16-11-13-6-9-20(10-7-14-5-3-4-8-19-14)18(21)15(13)12-17(16)23-2/h11-12,14,19H,3-10H2,1-2H3. The van der Waals surface area contributed by atoms with E-state index >= 15 is 0 Å². The summed E-state index contributed by atoms with van der Waals surface area (Å²) in [7, 11) is 3.22. The molecule has 2 heterocycles. The van der Waals surface area contributed by atoms with Crippen molar-refractivity contribution in [1.82, 2.24) is 10.2 Å². The average molecular weight is 318 g/mol. The largest absolute Gasteiger partial charge is 0.493 e. The van der Waals surface area contributed by atoms with Gasteiger partial charge in [0.25, 0.3) is 5.91 Å². The van der Waals surface area contributed by atoms with E-state index in [1.807, 2.05) is 17.0 Å². The predicted molar refractivity (Wildman–Crippen MR) is 89.4 cm³/mol. The molecular weight excluding hydrogens is 292 g/mol. The topological polar surface area (TPSA) is 50.8 Å². The zero-order valence-corrected chi connectivity index (χ0v) is 14.1. The van der Waals surface area contributed by atoms with Crippen molar-refractivity contribution in [2.75, 3.05) is 33.9 Å². The van der Waals surface area contributed by atoms with E-state index in [-0.39, 0.29) is 5.91 Å². The van der Waals surface area contributed by atoms with Gasteiger partial charge in [-0.2, -0.15) is 0 Å². The minimum Gasteiger partial charge on any atom is -0.493 e. The number of ether oxygens (including phenoxy) is 2. The van der Waals surface area contributed by atoms with Crippen LogP contribution in [0, 0.1) is 0 Å². The van der Waals surface area contributed by atoms with Gasteiger partial charge < -0.3 is 19.7 Å². The van der Waals surface area contributed by atoms with Crippen molar-refractivity contribution < 1.29 is 14.3 Å². The maximum absolute atomic E-state index is 12.8. The summed E-state index contributed by atoms with van der Waals surface area (Å²) in [5.41, 5.74) is 1.81. The number of rotatable bonds is 5. The van der Waals surface area contributed by atoms with Crippen molar-refractivity contribution in [2.24, 2.45) is 0 Å². The van der Waals surface area contributed by atoms with Crippen LogP contribution in [0.1, 0.15) is 41.6 Å². The smallest absolute Gasteiger partial charge is 0.254 e. The van der Waals surface area contributed by atoms with Crippen LogP contribution in [0.5, 0.6) is 11.5 Å². The molecule has 0 aromatic heterocycles. The Kier molecular flexibility index (Phi) is 5.06. The summed E-state index contributed by atoms with van der Waals surface area (Å²) < 4.78 is 10.7. The van der Waals surface area contributed by atoms with Crippen molar-refractivity contribution in [3.63, 3.8) is 0 Å². The van der Waals surface area contributed by atoms with Gasteiger partial charge in [0.1, 0.15) is 0 Å². The lowest BCUT2D eigenvalue weighted by Gasteiger charge is -2.31. The van der Waals surface area contributed by atoms with Gasteiger partial charge in [0, 0.05) is 24.7 Å². The molecule has 0 aliphatic carbocycles. The first kappa shape index (κ1) is 16.1. The van der Waals surface area contributed by atoms with Crippen molar-refractivity contribution in [1.29, 1.82) is 0 Å². The minimum absolute atomic E-state index is 0.114. The number of nitrogens with zero attached hydrogens (tertiary/aromatic N) is 1. The zero-order chi connectivity index (χ0) is 16.2. The highest BCUT2D eigenvalue weighted by Gasteiger charge is 2.27. The van der Waals surface area contributed by atoms with Crippen LogP contribution in [-0.2, 0) is 6.42 Å². The lowest BCUT2D eigenvalue weighted by Crippen LogP contribution is -2.42. The molecule has 1 aromatic carbocycles. The second-order valence-corrected chi connectivity index (χ2v) is 6.34. The summed E-state index contributed by atoms with van der Waals surface area (Å²) >= 11 is 0. The SMILES string of the molecule is COc1cc2c(cc1OC)C(=O)N(CCC1CCCCN1)CC2. The molecule has 126 valence electrons. The average Bonchev–Trinajstić information content (AvgIpc) is 2.61. The molecule has 0 bridgehead atoms. The van der Waals surface area contributed by atoms with Crippen molar-refractivity contribution in [3.05, 3.63) is 23.3 Å². The second-order valence-electron chi connectivity index (χ2n) is 6.34. The van der Waals surface area contributed by atoms with Crippen LogP contribution in [0.2, 0.25) is 0 Å². The van der Waals surface area contributed by atoms with Crippen molar-refractivity contribution in [3.8, 4) is 11.5 Å². The molecule has 1 atom stereocenters. The quantitative estimate of drug-likeness (QED) is 0.904. The maximum Gasteiger partial charge on any atom is 0.254 e. The highest BCUT2D eigenvalue weighted by atomic mass is 16.5. The Morgan fingerprint density at radius 2 is 2.00 bits per heavy atom. The molecule has 1 fully saturated rings. The number of benzene rings is 1. The van der Waals surface area contributed by atoms with Crippen LogP contribution in [0.4, 0.5) is 0 Å². The van der Waals surface area contributed by atoms with Gasteiger partial charge in [-0.25, -0.2) is 0 Å². The van der Waals surface area contributed by atoms with Crippen LogP contribution < -0.4 is 14.8 Å². The van der Waals surface area contributed by atoms with Gasteiger partial charge in [0.2, 0.25) is 0 Å². The molecule has 0 spiro atoms. The molecular formula is C18H26N2O3. The number of hydrogen-bond acceptors (Lipinski definition) is 4. The summed E-state index contributed by atoms with van der Waals surface area (Å²) in [6.45, 7) is 2.72. The fourth-order valence-corrected chi connectivity index (χ4v) is 3.55. The van der Waals surface area contributed by atoms with Crippen LogP contribution >= 0.6 is 0 Å². The molecule has 0 saturated carbocycles. The molecule has 2 aliphatic rings. The van der Waals surface area contributed by atoms with Gasteiger partial charge in [-0.05, 0) is 49.9 Å².